The van der Waals surface area contributed by atoms with Gasteiger partial charge < -0.3 is 23.8 Å². The molecule has 0 aliphatic carbocycles. The Kier molecular flexibility index (Phi) is 11.9. The van der Waals surface area contributed by atoms with Crippen LogP contribution in [0.3, 0.4) is 0 Å². The molecule has 0 spiro atoms. The molecule has 1 amide bonds. The maximum Gasteiger partial charge on any atom is 0.320 e. The molecule has 2 atom stereocenters. The van der Waals surface area contributed by atoms with Crippen molar-refractivity contribution >= 4 is 24.3 Å². The molecular formula is C30H36ClFN6O6. The van der Waals surface area contributed by atoms with E-state index >= 15 is 0 Å². The van der Waals surface area contributed by atoms with Crippen molar-refractivity contribution in [3.8, 4) is 28.5 Å². The van der Waals surface area contributed by atoms with E-state index in [2.05, 4.69) is 25.6 Å². The number of nitrogens with one attached hydrogen (secondary N) is 1. The van der Waals surface area contributed by atoms with Gasteiger partial charge in [0.2, 0.25) is 17.5 Å². The van der Waals surface area contributed by atoms with Crippen molar-refractivity contribution in [2.75, 3.05) is 27.2 Å². The topological polar surface area (TPSA) is 146 Å². The van der Waals surface area contributed by atoms with E-state index in [0.29, 0.717) is 29.4 Å². The number of esters is 1. The fourth-order valence-electron chi connectivity index (χ4n) is 3.93. The van der Waals surface area contributed by atoms with E-state index < -0.39 is 29.8 Å². The van der Waals surface area contributed by atoms with E-state index in [1.165, 1.54) is 12.1 Å². The van der Waals surface area contributed by atoms with Crippen LogP contribution in [0.4, 0.5) is 4.39 Å². The second kappa shape index (κ2) is 15.4. The van der Waals surface area contributed by atoms with Gasteiger partial charge in [0.1, 0.15) is 18.2 Å². The van der Waals surface area contributed by atoms with Crippen LogP contribution in [-0.2, 0) is 9.53 Å². The van der Waals surface area contributed by atoms with Crippen molar-refractivity contribution in [3.63, 3.8) is 0 Å². The Morgan fingerprint density at radius 1 is 0.955 bits per heavy atom. The highest BCUT2D eigenvalue weighted by Gasteiger charge is 2.22. The van der Waals surface area contributed by atoms with Crippen LogP contribution in [0.5, 0.6) is 5.75 Å². The molecule has 0 saturated heterocycles. The van der Waals surface area contributed by atoms with Gasteiger partial charge in [-0.25, -0.2) is 4.39 Å². The molecule has 1 unspecified atom stereocenters. The third-order valence-electron chi connectivity index (χ3n) is 6.20. The van der Waals surface area contributed by atoms with Crippen molar-refractivity contribution in [2.45, 2.75) is 52.2 Å². The van der Waals surface area contributed by atoms with E-state index in [-0.39, 0.29) is 48.8 Å². The molecule has 0 saturated carbocycles. The minimum Gasteiger partial charge on any atom is -0.481 e. The molecule has 2 heterocycles. The van der Waals surface area contributed by atoms with Crippen molar-refractivity contribution in [3.05, 3.63) is 65.6 Å². The summed E-state index contributed by atoms with van der Waals surface area (Å²) in [6.07, 6.45) is -0.0183. The number of carbonyl (C=O) groups excluding carboxylic acids is 2. The van der Waals surface area contributed by atoms with Crippen LogP contribution < -0.4 is 10.1 Å². The molecule has 44 heavy (non-hydrogen) atoms. The first-order valence-corrected chi connectivity index (χ1v) is 13.9. The van der Waals surface area contributed by atoms with Gasteiger partial charge in [0.25, 0.3) is 11.8 Å². The molecule has 2 aromatic carbocycles. The number of benzene rings is 2. The summed E-state index contributed by atoms with van der Waals surface area (Å²) in [5, 5.41) is 10.6. The SMILES string of the molecule is CCC(Oc1ccc(-c2noc(C(C)C)n2)cc1)c1nc(-c2ccc(C(=O)N[C@H](C)COC(=O)CN(C)C)c(F)c2)no1.Cl. The predicted molar refractivity (Wildman–Crippen MR) is 161 cm³/mol. The Balaban J connectivity index is 0.00000529. The Bertz CT molecular complexity index is 1540. The third-order valence-corrected chi connectivity index (χ3v) is 6.20. The van der Waals surface area contributed by atoms with Crippen molar-refractivity contribution < 1.29 is 32.5 Å². The second-order valence-electron chi connectivity index (χ2n) is 10.6. The van der Waals surface area contributed by atoms with Gasteiger partial charge in [-0.2, -0.15) is 9.97 Å². The Morgan fingerprint density at radius 2 is 1.57 bits per heavy atom. The number of halogens is 2. The molecule has 0 radical (unpaired) electrons. The van der Waals surface area contributed by atoms with Crippen molar-refractivity contribution in [1.82, 2.24) is 30.5 Å². The summed E-state index contributed by atoms with van der Waals surface area (Å²) in [5.41, 5.74) is 0.946. The lowest BCUT2D eigenvalue weighted by atomic mass is 10.1. The van der Waals surface area contributed by atoms with Crippen molar-refractivity contribution in [2.24, 2.45) is 0 Å². The Hall–Kier alpha value is -4.36. The van der Waals surface area contributed by atoms with Crippen LogP contribution in [0.2, 0.25) is 0 Å². The normalized spacial score (nSPS) is 12.5. The Labute approximate surface area is 260 Å². The highest BCUT2D eigenvalue weighted by Crippen LogP contribution is 2.28. The molecule has 4 aromatic rings. The zero-order valence-electron chi connectivity index (χ0n) is 25.4. The quantitative estimate of drug-likeness (QED) is 0.194. The van der Waals surface area contributed by atoms with Gasteiger partial charge in [-0.3, -0.25) is 14.5 Å². The molecule has 236 valence electrons. The second-order valence-corrected chi connectivity index (χ2v) is 10.6. The summed E-state index contributed by atoms with van der Waals surface area (Å²) in [6, 6.07) is 10.7. The Morgan fingerprint density at radius 3 is 2.16 bits per heavy atom. The van der Waals surface area contributed by atoms with Crippen LogP contribution in [0.25, 0.3) is 22.8 Å². The summed E-state index contributed by atoms with van der Waals surface area (Å²) in [4.78, 5) is 34.8. The lowest BCUT2D eigenvalue weighted by Gasteiger charge is -2.16. The zero-order valence-corrected chi connectivity index (χ0v) is 26.2. The van der Waals surface area contributed by atoms with Gasteiger partial charge in [-0.05, 0) is 63.8 Å². The minimum absolute atomic E-state index is 0. The number of hydrogen-bond acceptors (Lipinski definition) is 11. The average Bonchev–Trinajstić information content (AvgIpc) is 3.66. The van der Waals surface area contributed by atoms with Crippen LogP contribution in [0.15, 0.2) is 51.5 Å². The monoisotopic (exact) mass is 630 g/mol. The summed E-state index contributed by atoms with van der Waals surface area (Å²) in [7, 11) is 3.48. The molecule has 1 N–H and O–H groups in total. The summed E-state index contributed by atoms with van der Waals surface area (Å²) >= 11 is 0. The number of hydrogen-bond donors (Lipinski definition) is 1. The number of likely N-dealkylation sites (N-methyl/N-ethyl adjacent to an activating group) is 1. The summed E-state index contributed by atoms with van der Waals surface area (Å²) in [5.74, 6) is 0.323. The molecule has 4 rings (SSSR count). The van der Waals surface area contributed by atoms with Gasteiger partial charge in [0, 0.05) is 17.0 Å². The molecule has 0 fully saturated rings. The predicted octanol–water partition coefficient (Wildman–Crippen LogP) is 5.22. The molecule has 0 aliphatic rings. The molecule has 12 nitrogen and oxygen atoms in total. The van der Waals surface area contributed by atoms with E-state index in [4.69, 9.17) is 18.5 Å². The van der Waals surface area contributed by atoms with E-state index in [1.807, 2.05) is 32.9 Å². The first-order valence-electron chi connectivity index (χ1n) is 13.9. The maximum absolute atomic E-state index is 14.9. The number of ether oxygens (including phenoxy) is 2. The van der Waals surface area contributed by atoms with E-state index in [9.17, 15) is 14.0 Å². The summed E-state index contributed by atoms with van der Waals surface area (Å²) < 4.78 is 36.8. The molecule has 0 bridgehead atoms. The fourth-order valence-corrected chi connectivity index (χ4v) is 3.93. The largest absolute Gasteiger partial charge is 0.481 e. The molecular weight excluding hydrogens is 595 g/mol. The van der Waals surface area contributed by atoms with Gasteiger partial charge in [-0.15, -0.1) is 12.4 Å². The van der Waals surface area contributed by atoms with Crippen LogP contribution >= 0.6 is 12.4 Å². The standard InChI is InChI=1S/C30H35FN6O6.ClH/c1-7-24(41-21-11-8-19(9-12-21)26-33-29(17(2)3)42-35-26)30-34-27(36-43-30)20-10-13-22(23(31)14-20)28(39)32-18(4)16-40-25(38)15-37(5)6;/h8-14,17-18,24H,7,15-16H2,1-6H3,(H,32,39);1H/t18-,24?;/m1./s1. The van der Waals surface area contributed by atoms with Crippen LogP contribution in [0.1, 0.15) is 68.3 Å². The fraction of sp³-hybridized carbons (Fsp3) is 0.400. The maximum atomic E-state index is 14.9. The van der Waals surface area contributed by atoms with E-state index in [0.717, 1.165) is 11.6 Å². The van der Waals surface area contributed by atoms with E-state index in [1.54, 1.807) is 38.1 Å². The van der Waals surface area contributed by atoms with Crippen LogP contribution in [-0.4, -0.2) is 70.3 Å². The smallest absolute Gasteiger partial charge is 0.320 e. The zero-order chi connectivity index (χ0) is 31.1. The average molecular weight is 631 g/mol. The van der Waals surface area contributed by atoms with Crippen LogP contribution in [0, 0.1) is 5.82 Å². The number of carbonyl (C=O) groups is 2. The number of aromatic nitrogens is 4. The molecule has 0 aliphatic heterocycles. The number of nitrogens with zero attached hydrogens (tertiary/aromatic N) is 5. The highest BCUT2D eigenvalue weighted by molar-refractivity contribution is 5.95. The van der Waals surface area contributed by atoms with Gasteiger partial charge in [-0.1, -0.05) is 37.2 Å². The minimum atomic E-state index is -0.761. The lowest BCUT2D eigenvalue weighted by molar-refractivity contribution is -0.144. The van der Waals surface area contributed by atoms with Gasteiger partial charge >= 0.3 is 5.97 Å². The molecule has 2 aromatic heterocycles. The highest BCUT2D eigenvalue weighted by atomic mass is 35.5. The number of rotatable bonds is 13. The molecule has 14 heteroatoms. The lowest BCUT2D eigenvalue weighted by Crippen LogP contribution is -2.37. The van der Waals surface area contributed by atoms with Gasteiger partial charge in [0.15, 0.2) is 6.10 Å². The van der Waals surface area contributed by atoms with Gasteiger partial charge in [0.05, 0.1) is 18.2 Å². The summed E-state index contributed by atoms with van der Waals surface area (Å²) in [6.45, 7) is 7.61. The first-order chi connectivity index (χ1) is 20.5. The van der Waals surface area contributed by atoms with Crippen molar-refractivity contribution in [1.29, 1.82) is 0 Å². The number of amides is 1. The first kappa shape index (κ1) is 34.1. The third kappa shape index (κ3) is 8.83.